The first-order valence-electron chi connectivity index (χ1n) is 7.77. The van der Waals surface area contributed by atoms with Crippen molar-refractivity contribution in [2.75, 3.05) is 26.2 Å². The first kappa shape index (κ1) is 15.0. The molecule has 1 aromatic carbocycles. The van der Waals surface area contributed by atoms with E-state index >= 15 is 0 Å². The smallest absolute Gasteiger partial charge is 0.241 e. The van der Waals surface area contributed by atoms with E-state index in [1.807, 2.05) is 31.2 Å². The summed E-state index contributed by atoms with van der Waals surface area (Å²) in [4.78, 5) is 6.86. The molecule has 0 unspecified atom stereocenters. The minimum Gasteiger partial charge on any atom is -0.494 e. The molecule has 0 saturated carbocycles. The number of nitrogens with zero attached hydrogens (tertiary/aromatic N) is 3. The monoisotopic (exact) mass is 302 g/mol. The van der Waals surface area contributed by atoms with Crippen LogP contribution >= 0.6 is 0 Å². The topological polar surface area (TPSA) is 63.4 Å². The van der Waals surface area contributed by atoms with Crippen LogP contribution in [-0.4, -0.2) is 47.3 Å². The highest BCUT2D eigenvalue weighted by molar-refractivity contribution is 5.55. The maximum atomic E-state index is 5.44. The summed E-state index contributed by atoms with van der Waals surface area (Å²) in [7, 11) is 0. The van der Waals surface area contributed by atoms with Crippen molar-refractivity contribution < 1.29 is 9.26 Å². The van der Waals surface area contributed by atoms with Crippen LogP contribution in [-0.2, 0) is 6.54 Å². The summed E-state index contributed by atoms with van der Waals surface area (Å²) in [5.74, 6) is 2.14. The van der Waals surface area contributed by atoms with Gasteiger partial charge in [-0.15, -0.1) is 0 Å². The van der Waals surface area contributed by atoms with Gasteiger partial charge in [-0.2, -0.15) is 4.98 Å². The molecule has 22 heavy (non-hydrogen) atoms. The molecule has 2 aromatic rings. The molecule has 0 aliphatic carbocycles. The molecule has 1 aliphatic heterocycles. The van der Waals surface area contributed by atoms with Gasteiger partial charge >= 0.3 is 0 Å². The van der Waals surface area contributed by atoms with E-state index in [9.17, 15) is 0 Å². The number of piperazine rings is 1. The number of benzene rings is 1. The van der Waals surface area contributed by atoms with Crippen molar-refractivity contribution in [3.63, 3.8) is 0 Å². The zero-order valence-corrected chi connectivity index (χ0v) is 13.1. The van der Waals surface area contributed by atoms with E-state index < -0.39 is 0 Å². The SMILES string of the molecule is CCOc1ccc(-c2noc(CN3CCNC[C@H]3C)n2)cc1. The van der Waals surface area contributed by atoms with E-state index in [-0.39, 0.29) is 0 Å². The molecule has 0 amide bonds. The van der Waals surface area contributed by atoms with Gasteiger partial charge in [0.1, 0.15) is 5.75 Å². The van der Waals surface area contributed by atoms with Crippen molar-refractivity contribution in [3.05, 3.63) is 30.2 Å². The first-order chi connectivity index (χ1) is 10.8. The minimum atomic E-state index is 0.481. The fraction of sp³-hybridized carbons (Fsp3) is 0.500. The average Bonchev–Trinajstić information content (AvgIpc) is 2.99. The highest BCUT2D eigenvalue weighted by atomic mass is 16.5. The molecule has 1 fully saturated rings. The maximum Gasteiger partial charge on any atom is 0.241 e. The Bertz CT molecular complexity index is 596. The molecule has 118 valence electrons. The van der Waals surface area contributed by atoms with Crippen LogP contribution in [0.5, 0.6) is 5.75 Å². The average molecular weight is 302 g/mol. The largest absolute Gasteiger partial charge is 0.494 e. The van der Waals surface area contributed by atoms with Crippen LogP contribution in [0.2, 0.25) is 0 Å². The van der Waals surface area contributed by atoms with Gasteiger partial charge in [0.25, 0.3) is 0 Å². The third-order valence-corrected chi connectivity index (χ3v) is 3.87. The zero-order valence-electron chi connectivity index (χ0n) is 13.1. The van der Waals surface area contributed by atoms with Gasteiger partial charge in [0.15, 0.2) is 0 Å². The quantitative estimate of drug-likeness (QED) is 0.910. The fourth-order valence-corrected chi connectivity index (χ4v) is 2.59. The summed E-state index contributed by atoms with van der Waals surface area (Å²) < 4.78 is 10.8. The highest BCUT2D eigenvalue weighted by Crippen LogP contribution is 2.20. The molecular formula is C16H22N4O2. The summed E-state index contributed by atoms with van der Waals surface area (Å²) in [6, 6.07) is 8.23. The lowest BCUT2D eigenvalue weighted by Crippen LogP contribution is -2.49. The predicted molar refractivity (Wildman–Crippen MR) is 83.6 cm³/mol. The van der Waals surface area contributed by atoms with Crippen LogP contribution in [0.25, 0.3) is 11.4 Å². The van der Waals surface area contributed by atoms with Crippen molar-refractivity contribution in [3.8, 4) is 17.1 Å². The first-order valence-corrected chi connectivity index (χ1v) is 7.77. The van der Waals surface area contributed by atoms with Gasteiger partial charge in [0, 0.05) is 31.2 Å². The molecular weight excluding hydrogens is 280 g/mol. The van der Waals surface area contributed by atoms with E-state index in [2.05, 4.69) is 27.3 Å². The molecule has 1 atom stereocenters. The van der Waals surface area contributed by atoms with Crippen LogP contribution in [0.1, 0.15) is 19.7 Å². The lowest BCUT2D eigenvalue weighted by molar-refractivity contribution is 0.146. The lowest BCUT2D eigenvalue weighted by Gasteiger charge is -2.32. The van der Waals surface area contributed by atoms with E-state index in [0.717, 1.165) is 30.9 Å². The number of nitrogens with one attached hydrogen (secondary N) is 1. The number of hydrogen-bond donors (Lipinski definition) is 1. The van der Waals surface area contributed by atoms with E-state index in [1.54, 1.807) is 0 Å². The molecule has 0 spiro atoms. The summed E-state index contributed by atoms with van der Waals surface area (Å²) in [6.45, 7) is 8.54. The Balaban J connectivity index is 1.67. The van der Waals surface area contributed by atoms with Gasteiger partial charge in [0.2, 0.25) is 11.7 Å². The molecule has 1 aromatic heterocycles. The Hall–Kier alpha value is -1.92. The lowest BCUT2D eigenvalue weighted by atomic mass is 10.2. The van der Waals surface area contributed by atoms with Crippen LogP contribution < -0.4 is 10.1 Å². The van der Waals surface area contributed by atoms with Crippen molar-refractivity contribution >= 4 is 0 Å². The summed E-state index contributed by atoms with van der Waals surface area (Å²) in [6.07, 6.45) is 0. The molecule has 0 radical (unpaired) electrons. The number of aromatic nitrogens is 2. The number of ether oxygens (including phenoxy) is 1. The Morgan fingerprint density at radius 1 is 1.36 bits per heavy atom. The van der Waals surface area contributed by atoms with Crippen molar-refractivity contribution in [2.24, 2.45) is 0 Å². The van der Waals surface area contributed by atoms with E-state index in [1.165, 1.54) is 0 Å². The third kappa shape index (κ3) is 3.45. The van der Waals surface area contributed by atoms with Gasteiger partial charge in [0.05, 0.1) is 13.2 Å². The van der Waals surface area contributed by atoms with Crippen LogP contribution in [0, 0.1) is 0 Å². The second-order valence-corrected chi connectivity index (χ2v) is 5.49. The van der Waals surface area contributed by atoms with Crippen LogP contribution in [0.3, 0.4) is 0 Å². The van der Waals surface area contributed by atoms with Crippen LogP contribution in [0.15, 0.2) is 28.8 Å². The minimum absolute atomic E-state index is 0.481. The third-order valence-electron chi connectivity index (χ3n) is 3.87. The maximum absolute atomic E-state index is 5.44. The summed E-state index contributed by atoms with van der Waals surface area (Å²) in [5, 5.41) is 7.46. The Kier molecular flexibility index (Phi) is 4.70. The summed E-state index contributed by atoms with van der Waals surface area (Å²) >= 11 is 0. The second-order valence-electron chi connectivity index (χ2n) is 5.49. The summed E-state index contributed by atoms with van der Waals surface area (Å²) in [5.41, 5.74) is 0.937. The van der Waals surface area contributed by atoms with E-state index in [0.29, 0.717) is 30.9 Å². The second kappa shape index (κ2) is 6.89. The molecule has 3 rings (SSSR count). The standard InChI is InChI=1S/C16H22N4O2/c1-3-21-14-6-4-13(5-7-14)16-18-15(22-19-16)11-20-9-8-17-10-12(20)2/h4-7,12,17H,3,8-11H2,1-2H3/t12-/m1/s1. The molecule has 1 saturated heterocycles. The zero-order chi connectivity index (χ0) is 15.4. The molecule has 1 aliphatic rings. The van der Waals surface area contributed by atoms with Gasteiger partial charge in [-0.05, 0) is 38.1 Å². The molecule has 6 nitrogen and oxygen atoms in total. The number of hydrogen-bond acceptors (Lipinski definition) is 6. The van der Waals surface area contributed by atoms with Gasteiger partial charge in [-0.3, -0.25) is 4.90 Å². The van der Waals surface area contributed by atoms with Gasteiger partial charge in [-0.1, -0.05) is 5.16 Å². The van der Waals surface area contributed by atoms with Crippen LogP contribution in [0.4, 0.5) is 0 Å². The Labute approximate surface area is 130 Å². The predicted octanol–water partition coefficient (Wildman–Crippen LogP) is 1.93. The molecule has 2 heterocycles. The van der Waals surface area contributed by atoms with Crippen molar-refractivity contribution in [1.82, 2.24) is 20.4 Å². The number of rotatable bonds is 5. The Morgan fingerprint density at radius 3 is 2.91 bits per heavy atom. The molecule has 0 bridgehead atoms. The van der Waals surface area contributed by atoms with Crippen molar-refractivity contribution in [2.45, 2.75) is 26.4 Å². The van der Waals surface area contributed by atoms with E-state index in [4.69, 9.17) is 9.26 Å². The van der Waals surface area contributed by atoms with Crippen molar-refractivity contribution in [1.29, 1.82) is 0 Å². The van der Waals surface area contributed by atoms with Gasteiger partial charge in [-0.25, -0.2) is 0 Å². The molecule has 1 N–H and O–H groups in total. The normalized spacial score (nSPS) is 19.3. The van der Waals surface area contributed by atoms with Gasteiger partial charge < -0.3 is 14.6 Å². The Morgan fingerprint density at radius 2 is 2.18 bits per heavy atom. The molecule has 6 heteroatoms. The highest BCUT2D eigenvalue weighted by Gasteiger charge is 2.20. The fourth-order valence-electron chi connectivity index (χ4n) is 2.59.